The minimum atomic E-state index is -2.87. The van der Waals surface area contributed by atoms with Gasteiger partial charge in [-0.25, -0.2) is 8.42 Å². The van der Waals surface area contributed by atoms with E-state index in [9.17, 15) is 8.42 Å². The number of fused-ring (bicyclic) bond motifs is 1. The van der Waals surface area contributed by atoms with Crippen molar-refractivity contribution in [1.29, 1.82) is 0 Å². The van der Waals surface area contributed by atoms with Gasteiger partial charge < -0.3 is 9.30 Å². The van der Waals surface area contributed by atoms with E-state index in [2.05, 4.69) is 4.57 Å². The topological polar surface area (TPSA) is 48.3 Å². The van der Waals surface area contributed by atoms with E-state index in [-0.39, 0.29) is 11.5 Å². The molecule has 0 N–H and O–H groups in total. The summed E-state index contributed by atoms with van der Waals surface area (Å²) in [4.78, 5) is 0. The lowest BCUT2D eigenvalue weighted by Crippen LogP contribution is -2.10. The number of ether oxygens (including phenoxy) is 1. The van der Waals surface area contributed by atoms with Gasteiger partial charge in [0.15, 0.2) is 0 Å². The Hall–Kier alpha value is -1.49. The molecule has 1 heterocycles. The maximum atomic E-state index is 11.4. The Morgan fingerprint density at radius 3 is 2.74 bits per heavy atom. The molecule has 19 heavy (non-hydrogen) atoms. The maximum absolute atomic E-state index is 11.4. The summed E-state index contributed by atoms with van der Waals surface area (Å²) in [5.74, 6) is 1.30. The SMILES string of the molecule is CCS(=O)(=O)CCCn1ccc2cc(OC)ccc21. The molecule has 0 fully saturated rings. The molecule has 0 aliphatic heterocycles. The van der Waals surface area contributed by atoms with Crippen molar-refractivity contribution in [2.75, 3.05) is 18.6 Å². The van der Waals surface area contributed by atoms with E-state index in [0.29, 0.717) is 6.42 Å². The van der Waals surface area contributed by atoms with Crippen molar-refractivity contribution in [2.45, 2.75) is 19.9 Å². The van der Waals surface area contributed by atoms with Crippen LogP contribution in [0.3, 0.4) is 0 Å². The minimum Gasteiger partial charge on any atom is -0.497 e. The van der Waals surface area contributed by atoms with Gasteiger partial charge in [-0.15, -0.1) is 0 Å². The van der Waals surface area contributed by atoms with Gasteiger partial charge in [-0.3, -0.25) is 0 Å². The number of nitrogens with zero attached hydrogens (tertiary/aromatic N) is 1. The lowest BCUT2D eigenvalue weighted by Gasteiger charge is -2.06. The average molecular weight is 281 g/mol. The summed E-state index contributed by atoms with van der Waals surface area (Å²) in [5, 5.41) is 1.11. The number of hydrogen-bond acceptors (Lipinski definition) is 3. The summed E-state index contributed by atoms with van der Waals surface area (Å²) in [6.45, 7) is 2.40. The summed E-state index contributed by atoms with van der Waals surface area (Å²) < 4.78 is 30.2. The fourth-order valence-corrected chi connectivity index (χ4v) is 2.96. The molecule has 104 valence electrons. The Bertz CT molecular complexity index is 658. The average Bonchev–Trinajstić information content (AvgIpc) is 2.81. The van der Waals surface area contributed by atoms with Crippen molar-refractivity contribution < 1.29 is 13.2 Å². The molecule has 2 aromatic rings. The number of rotatable bonds is 6. The third-order valence-corrected chi connectivity index (χ3v) is 5.06. The quantitative estimate of drug-likeness (QED) is 0.817. The lowest BCUT2D eigenvalue weighted by molar-refractivity contribution is 0.415. The second-order valence-electron chi connectivity index (χ2n) is 4.52. The van der Waals surface area contributed by atoms with Crippen LogP contribution in [0.5, 0.6) is 5.75 Å². The lowest BCUT2D eigenvalue weighted by atomic mass is 10.2. The molecule has 0 saturated carbocycles. The molecule has 1 aromatic carbocycles. The van der Waals surface area contributed by atoms with Gasteiger partial charge in [0.2, 0.25) is 0 Å². The van der Waals surface area contributed by atoms with Gasteiger partial charge >= 0.3 is 0 Å². The third-order valence-electron chi connectivity index (χ3n) is 3.27. The van der Waals surface area contributed by atoms with Gasteiger partial charge in [-0.05, 0) is 30.7 Å². The number of sulfone groups is 1. The van der Waals surface area contributed by atoms with Crippen LogP contribution in [0.15, 0.2) is 30.5 Å². The highest BCUT2D eigenvalue weighted by Gasteiger charge is 2.08. The first-order valence-electron chi connectivity index (χ1n) is 6.39. The zero-order valence-electron chi connectivity index (χ0n) is 11.3. The Morgan fingerprint density at radius 1 is 1.26 bits per heavy atom. The molecule has 1 aromatic heterocycles. The molecule has 0 spiro atoms. The van der Waals surface area contributed by atoms with Crippen LogP contribution in [0.25, 0.3) is 10.9 Å². The zero-order chi connectivity index (χ0) is 13.9. The molecule has 4 nitrogen and oxygen atoms in total. The smallest absolute Gasteiger partial charge is 0.150 e. The fraction of sp³-hybridized carbons (Fsp3) is 0.429. The van der Waals surface area contributed by atoms with Crippen LogP contribution in [0.4, 0.5) is 0 Å². The van der Waals surface area contributed by atoms with Gasteiger partial charge in [-0.2, -0.15) is 0 Å². The molecule has 5 heteroatoms. The Morgan fingerprint density at radius 2 is 2.05 bits per heavy atom. The van der Waals surface area contributed by atoms with Crippen molar-refractivity contribution in [1.82, 2.24) is 4.57 Å². The highest BCUT2D eigenvalue weighted by atomic mass is 32.2. The second kappa shape index (κ2) is 5.65. The molecule has 0 aliphatic rings. The van der Waals surface area contributed by atoms with Gasteiger partial charge in [0.25, 0.3) is 0 Å². The van der Waals surface area contributed by atoms with Gasteiger partial charge in [0.1, 0.15) is 15.6 Å². The zero-order valence-corrected chi connectivity index (χ0v) is 12.1. The fourth-order valence-electron chi connectivity index (χ4n) is 2.10. The minimum absolute atomic E-state index is 0.219. The summed E-state index contributed by atoms with van der Waals surface area (Å²) in [6, 6.07) is 7.92. The van der Waals surface area contributed by atoms with Crippen LogP contribution in [0, 0.1) is 0 Å². The highest BCUT2D eigenvalue weighted by molar-refractivity contribution is 7.91. The van der Waals surface area contributed by atoms with E-state index in [1.807, 2.05) is 30.5 Å². The Kier molecular flexibility index (Phi) is 4.14. The first kappa shape index (κ1) is 13.9. The number of aromatic nitrogens is 1. The molecule has 2 rings (SSSR count). The largest absolute Gasteiger partial charge is 0.497 e. The van der Waals surface area contributed by atoms with Gasteiger partial charge in [-0.1, -0.05) is 6.92 Å². The number of aryl methyl sites for hydroxylation is 1. The predicted octanol–water partition coefficient (Wildman–Crippen LogP) is 2.47. The maximum Gasteiger partial charge on any atom is 0.150 e. The molecule has 0 saturated heterocycles. The summed E-state index contributed by atoms with van der Waals surface area (Å²) in [7, 11) is -1.22. The normalized spacial score (nSPS) is 11.9. The Balaban J connectivity index is 2.09. The van der Waals surface area contributed by atoms with Crippen molar-refractivity contribution in [3.63, 3.8) is 0 Å². The van der Waals surface area contributed by atoms with Crippen molar-refractivity contribution in [2.24, 2.45) is 0 Å². The molecular formula is C14H19NO3S. The second-order valence-corrected chi connectivity index (χ2v) is 7.00. The molecule has 0 bridgehead atoms. The van der Waals surface area contributed by atoms with Gasteiger partial charge in [0.05, 0.1) is 12.9 Å². The first-order valence-corrected chi connectivity index (χ1v) is 8.21. The number of methoxy groups -OCH3 is 1. The standard InChI is InChI=1S/C14H19NO3S/c1-3-19(16,17)10-4-8-15-9-7-12-11-13(18-2)5-6-14(12)15/h5-7,9,11H,3-4,8,10H2,1-2H3. The summed E-state index contributed by atoms with van der Waals surface area (Å²) in [6.07, 6.45) is 2.63. The van der Waals surface area contributed by atoms with E-state index in [0.717, 1.165) is 23.2 Å². The van der Waals surface area contributed by atoms with Crippen molar-refractivity contribution >= 4 is 20.7 Å². The molecule has 0 atom stereocenters. The van der Waals surface area contributed by atoms with E-state index in [4.69, 9.17) is 4.74 Å². The van der Waals surface area contributed by atoms with Crippen molar-refractivity contribution in [3.8, 4) is 5.75 Å². The van der Waals surface area contributed by atoms with E-state index in [1.165, 1.54) is 0 Å². The number of hydrogen-bond donors (Lipinski definition) is 0. The van der Waals surface area contributed by atoms with Crippen LogP contribution in [-0.4, -0.2) is 31.6 Å². The van der Waals surface area contributed by atoms with Crippen LogP contribution in [0.2, 0.25) is 0 Å². The van der Waals surface area contributed by atoms with Crippen LogP contribution >= 0.6 is 0 Å². The molecule has 0 amide bonds. The molecule has 0 aliphatic carbocycles. The van der Waals surface area contributed by atoms with E-state index >= 15 is 0 Å². The highest BCUT2D eigenvalue weighted by Crippen LogP contribution is 2.22. The van der Waals surface area contributed by atoms with Gasteiger partial charge in [0, 0.05) is 29.4 Å². The van der Waals surface area contributed by atoms with E-state index < -0.39 is 9.84 Å². The monoisotopic (exact) mass is 281 g/mol. The van der Waals surface area contributed by atoms with Crippen LogP contribution < -0.4 is 4.74 Å². The van der Waals surface area contributed by atoms with Crippen molar-refractivity contribution in [3.05, 3.63) is 30.5 Å². The molecule has 0 unspecified atom stereocenters. The summed E-state index contributed by atoms with van der Waals surface area (Å²) in [5.41, 5.74) is 1.11. The van der Waals surface area contributed by atoms with Crippen LogP contribution in [0.1, 0.15) is 13.3 Å². The first-order chi connectivity index (χ1) is 9.05. The Labute approximate surface area is 113 Å². The number of benzene rings is 1. The summed E-state index contributed by atoms with van der Waals surface area (Å²) >= 11 is 0. The molecular weight excluding hydrogens is 262 g/mol. The van der Waals surface area contributed by atoms with E-state index in [1.54, 1.807) is 14.0 Å². The predicted molar refractivity (Wildman–Crippen MR) is 77.4 cm³/mol. The third kappa shape index (κ3) is 3.29. The van der Waals surface area contributed by atoms with Crippen LogP contribution in [-0.2, 0) is 16.4 Å². The molecule has 0 radical (unpaired) electrons.